The summed E-state index contributed by atoms with van der Waals surface area (Å²) in [5.41, 5.74) is 3.74. The average Bonchev–Trinajstić information content (AvgIpc) is 3.44. The molecule has 0 amide bonds. The van der Waals surface area contributed by atoms with Crippen LogP contribution in [0.3, 0.4) is 0 Å². The number of nitrogens with zero attached hydrogens (tertiary/aromatic N) is 6. The van der Waals surface area contributed by atoms with Gasteiger partial charge in [-0.15, -0.1) is 0 Å². The van der Waals surface area contributed by atoms with Crippen molar-refractivity contribution in [1.82, 2.24) is 24.6 Å². The van der Waals surface area contributed by atoms with Gasteiger partial charge in [0.25, 0.3) is 0 Å². The topological polar surface area (TPSA) is 62.1 Å². The smallest absolute Gasteiger partial charge is 0.168 e. The van der Waals surface area contributed by atoms with Crippen LogP contribution in [-0.4, -0.2) is 57.9 Å². The van der Waals surface area contributed by atoms with Gasteiger partial charge in [0.15, 0.2) is 5.65 Å². The van der Waals surface area contributed by atoms with Crippen molar-refractivity contribution in [2.24, 2.45) is 0 Å². The van der Waals surface area contributed by atoms with Crippen molar-refractivity contribution in [3.63, 3.8) is 0 Å². The van der Waals surface area contributed by atoms with E-state index in [2.05, 4.69) is 68.5 Å². The number of fused-ring (bicyclic) bond motifs is 1. The van der Waals surface area contributed by atoms with E-state index in [9.17, 15) is 0 Å². The molecule has 8 heteroatoms. The van der Waals surface area contributed by atoms with Crippen molar-refractivity contribution in [3.05, 3.63) is 66.1 Å². The fourth-order valence-electron chi connectivity index (χ4n) is 4.03. The molecule has 7 nitrogen and oxygen atoms in total. The van der Waals surface area contributed by atoms with Crippen molar-refractivity contribution in [3.8, 4) is 5.69 Å². The molecule has 1 atom stereocenters. The van der Waals surface area contributed by atoms with Crippen LogP contribution in [0, 0.1) is 0 Å². The zero-order valence-electron chi connectivity index (χ0n) is 17.5. The molecule has 2 aromatic carbocycles. The van der Waals surface area contributed by atoms with Crippen LogP contribution in [-0.2, 0) is 0 Å². The zero-order chi connectivity index (χ0) is 21.4. The minimum absolute atomic E-state index is 0.607. The predicted octanol–water partition coefficient (Wildman–Crippen LogP) is 4.35. The number of rotatable bonds is 5. The van der Waals surface area contributed by atoms with Gasteiger partial charge in [0.2, 0.25) is 0 Å². The Balaban J connectivity index is 1.42. The summed E-state index contributed by atoms with van der Waals surface area (Å²) in [4.78, 5) is 13.6. The van der Waals surface area contributed by atoms with Crippen LogP contribution in [0.15, 0.2) is 61.1 Å². The summed E-state index contributed by atoms with van der Waals surface area (Å²) in [7, 11) is 4.30. The van der Waals surface area contributed by atoms with E-state index in [1.165, 1.54) is 12.1 Å². The van der Waals surface area contributed by atoms with Crippen LogP contribution in [0.2, 0.25) is 5.02 Å². The number of halogens is 1. The monoisotopic (exact) mass is 433 g/mol. The first kappa shape index (κ1) is 19.8. The lowest BCUT2D eigenvalue weighted by Crippen LogP contribution is -2.31. The molecule has 0 bridgehead atoms. The number of anilines is 3. The summed E-state index contributed by atoms with van der Waals surface area (Å²) in [5, 5.41) is 9.33. The van der Waals surface area contributed by atoms with E-state index in [4.69, 9.17) is 11.6 Å². The molecule has 0 spiro atoms. The average molecular weight is 434 g/mol. The standard InChI is InChI=1S/C23H24ClN7/c1-29(2)18-11-12-30(14-18)16-7-9-17(10-8-16)31-23-19(13-27-31)22(25-15-26-23)28-21-6-4-3-5-20(21)24/h3-10,13,15,18H,11-12,14H2,1-2H3,(H,25,26,28)/t18-/m0/s1. The lowest BCUT2D eigenvalue weighted by molar-refractivity contribution is 0.315. The van der Waals surface area contributed by atoms with E-state index in [0.29, 0.717) is 16.9 Å². The molecule has 0 unspecified atom stereocenters. The number of aromatic nitrogens is 4. The van der Waals surface area contributed by atoms with Crippen LogP contribution in [0.4, 0.5) is 17.2 Å². The molecule has 31 heavy (non-hydrogen) atoms. The van der Waals surface area contributed by atoms with Gasteiger partial charge >= 0.3 is 0 Å². The molecular weight excluding hydrogens is 410 g/mol. The molecule has 3 heterocycles. The van der Waals surface area contributed by atoms with E-state index in [1.807, 2.05) is 28.9 Å². The highest BCUT2D eigenvalue weighted by atomic mass is 35.5. The maximum Gasteiger partial charge on any atom is 0.168 e. The van der Waals surface area contributed by atoms with Gasteiger partial charge in [0.05, 0.1) is 28.0 Å². The lowest BCUT2D eigenvalue weighted by atomic mass is 10.2. The molecule has 0 saturated carbocycles. The highest BCUT2D eigenvalue weighted by Gasteiger charge is 2.24. The number of hydrogen-bond acceptors (Lipinski definition) is 6. The van der Waals surface area contributed by atoms with Gasteiger partial charge in [-0.1, -0.05) is 23.7 Å². The van der Waals surface area contributed by atoms with E-state index < -0.39 is 0 Å². The quantitative estimate of drug-likeness (QED) is 0.504. The van der Waals surface area contributed by atoms with Crippen LogP contribution >= 0.6 is 11.6 Å². The minimum atomic E-state index is 0.607. The second kappa shape index (κ2) is 8.17. The first-order chi connectivity index (χ1) is 15.1. The third-order valence-corrected chi connectivity index (χ3v) is 6.18. The summed E-state index contributed by atoms with van der Waals surface area (Å²) in [6, 6.07) is 16.7. The Hall–Kier alpha value is -3.16. The van der Waals surface area contributed by atoms with Gasteiger partial charge in [-0.05, 0) is 56.9 Å². The number of benzene rings is 2. The van der Waals surface area contributed by atoms with Gasteiger partial charge in [0, 0.05) is 24.8 Å². The van der Waals surface area contributed by atoms with Crippen molar-refractivity contribution in [2.45, 2.75) is 12.5 Å². The second-order valence-electron chi connectivity index (χ2n) is 7.99. The molecule has 1 N–H and O–H groups in total. The van der Waals surface area contributed by atoms with Crippen molar-refractivity contribution >= 4 is 39.8 Å². The Morgan fingerprint density at radius 1 is 1.03 bits per heavy atom. The maximum absolute atomic E-state index is 6.29. The van der Waals surface area contributed by atoms with Crippen molar-refractivity contribution in [1.29, 1.82) is 0 Å². The Morgan fingerprint density at radius 2 is 1.81 bits per heavy atom. The summed E-state index contributed by atoms with van der Waals surface area (Å²) in [5.74, 6) is 0.674. The van der Waals surface area contributed by atoms with E-state index >= 15 is 0 Å². The Labute approximate surface area is 186 Å². The van der Waals surface area contributed by atoms with Gasteiger partial charge in [0.1, 0.15) is 12.1 Å². The summed E-state index contributed by atoms with van der Waals surface area (Å²) >= 11 is 6.29. The van der Waals surface area contributed by atoms with Crippen LogP contribution in [0.25, 0.3) is 16.7 Å². The fraction of sp³-hybridized carbons (Fsp3) is 0.261. The van der Waals surface area contributed by atoms with Gasteiger partial charge in [-0.3, -0.25) is 0 Å². The van der Waals surface area contributed by atoms with Crippen LogP contribution in [0.1, 0.15) is 6.42 Å². The molecule has 1 saturated heterocycles. The number of hydrogen-bond donors (Lipinski definition) is 1. The van der Waals surface area contributed by atoms with Crippen molar-refractivity contribution in [2.75, 3.05) is 37.4 Å². The first-order valence-electron chi connectivity index (χ1n) is 10.3. The number of likely N-dealkylation sites (N-methyl/N-ethyl adjacent to an activating group) is 1. The molecule has 2 aromatic heterocycles. The second-order valence-corrected chi connectivity index (χ2v) is 8.40. The Bertz CT molecular complexity index is 1200. The number of nitrogens with one attached hydrogen (secondary N) is 1. The Morgan fingerprint density at radius 3 is 2.55 bits per heavy atom. The minimum Gasteiger partial charge on any atom is -0.370 e. The largest absolute Gasteiger partial charge is 0.370 e. The molecule has 0 aliphatic carbocycles. The Kier molecular flexibility index (Phi) is 5.21. The van der Waals surface area contributed by atoms with Gasteiger partial charge in [-0.25, -0.2) is 14.6 Å². The van der Waals surface area contributed by atoms with Crippen LogP contribution < -0.4 is 10.2 Å². The lowest BCUT2D eigenvalue weighted by Gasteiger charge is -2.22. The molecule has 4 aromatic rings. The fourth-order valence-corrected chi connectivity index (χ4v) is 4.21. The highest BCUT2D eigenvalue weighted by molar-refractivity contribution is 6.33. The maximum atomic E-state index is 6.29. The molecule has 158 valence electrons. The van der Waals surface area contributed by atoms with E-state index in [0.717, 1.165) is 35.5 Å². The third-order valence-electron chi connectivity index (χ3n) is 5.85. The summed E-state index contributed by atoms with van der Waals surface area (Å²) in [6.07, 6.45) is 4.51. The molecule has 0 radical (unpaired) electrons. The van der Waals surface area contributed by atoms with E-state index in [1.54, 1.807) is 12.5 Å². The zero-order valence-corrected chi connectivity index (χ0v) is 18.3. The molecule has 1 aliphatic heterocycles. The van der Waals surface area contributed by atoms with Crippen LogP contribution in [0.5, 0.6) is 0 Å². The predicted molar refractivity (Wildman–Crippen MR) is 126 cm³/mol. The normalized spacial score (nSPS) is 16.4. The van der Waals surface area contributed by atoms with Gasteiger partial charge in [-0.2, -0.15) is 5.10 Å². The van der Waals surface area contributed by atoms with E-state index in [-0.39, 0.29) is 0 Å². The summed E-state index contributed by atoms with van der Waals surface area (Å²) in [6.45, 7) is 2.14. The molecule has 5 rings (SSSR count). The third kappa shape index (κ3) is 3.82. The number of para-hydroxylation sites is 1. The molecule has 1 aliphatic rings. The van der Waals surface area contributed by atoms with Crippen molar-refractivity contribution < 1.29 is 0 Å². The molecular formula is C23H24ClN7. The highest BCUT2D eigenvalue weighted by Crippen LogP contribution is 2.29. The SMILES string of the molecule is CN(C)[C@H]1CCN(c2ccc(-n3ncc4c(Nc5ccccc5Cl)ncnc43)cc2)C1. The van der Waals surface area contributed by atoms with Gasteiger partial charge < -0.3 is 15.1 Å². The molecule has 1 fully saturated rings. The summed E-state index contributed by atoms with van der Waals surface area (Å²) < 4.78 is 1.84. The first-order valence-corrected chi connectivity index (χ1v) is 10.7.